The number of carboxylic acid groups (broad SMARTS) is 1. The maximum atomic E-state index is 12.5. The number of carbonyl (C=O) groups is 3. The third kappa shape index (κ3) is 26.5. The van der Waals surface area contributed by atoms with Crippen LogP contribution in [0.3, 0.4) is 0 Å². The van der Waals surface area contributed by atoms with Crippen LogP contribution in [0.25, 0.3) is 0 Å². The summed E-state index contributed by atoms with van der Waals surface area (Å²) in [6.45, 7) is 4.65. The van der Waals surface area contributed by atoms with E-state index in [0.29, 0.717) is 19.3 Å². The van der Waals surface area contributed by atoms with Crippen molar-refractivity contribution < 1.29 is 38.2 Å². The van der Waals surface area contributed by atoms with E-state index in [1.165, 1.54) is 77.0 Å². The number of aliphatic carboxylic acids is 1. The molecule has 8 nitrogen and oxygen atoms in total. The lowest BCUT2D eigenvalue weighted by molar-refractivity contribution is -0.887. The van der Waals surface area contributed by atoms with E-state index in [1.54, 1.807) is 0 Å². The number of esters is 2. The molecule has 0 aromatic heterocycles. The monoisotopic (exact) mass is 626 g/mol. The summed E-state index contributed by atoms with van der Waals surface area (Å²) in [5.41, 5.74) is 0. The van der Waals surface area contributed by atoms with Crippen LogP contribution in [0, 0.1) is 0 Å². The van der Waals surface area contributed by atoms with Gasteiger partial charge in [0.15, 0.2) is 12.1 Å². The first-order valence-corrected chi connectivity index (χ1v) is 17.7. The molecule has 8 heteroatoms. The van der Waals surface area contributed by atoms with E-state index >= 15 is 0 Å². The number of hydrogen-bond acceptors (Lipinski definition) is 6. The summed E-state index contributed by atoms with van der Waals surface area (Å²) in [7, 11) is 5.50. The van der Waals surface area contributed by atoms with Gasteiger partial charge in [0.05, 0.1) is 34.4 Å². The fraction of sp³-hybridized carbons (Fsp3) is 0.861. The molecule has 0 aliphatic heterocycles. The Kier molecular flexibility index (Phi) is 27.3. The summed E-state index contributed by atoms with van der Waals surface area (Å²) in [5.74, 6) is -1.51. The van der Waals surface area contributed by atoms with Gasteiger partial charge in [-0.3, -0.25) is 9.59 Å². The van der Waals surface area contributed by atoms with E-state index in [1.807, 2.05) is 21.1 Å². The second kappa shape index (κ2) is 28.5. The van der Waals surface area contributed by atoms with Crippen molar-refractivity contribution in [3.8, 4) is 0 Å². The smallest absolute Gasteiger partial charge is 0.362 e. The molecule has 258 valence electrons. The third-order valence-corrected chi connectivity index (χ3v) is 7.91. The van der Waals surface area contributed by atoms with Gasteiger partial charge >= 0.3 is 17.9 Å². The summed E-state index contributed by atoms with van der Waals surface area (Å²) in [4.78, 5) is 36.5. The van der Waals surface area contributed by atoms with E-state index < -0.39 is 18.1 Å². The van der Waals surface area contributed by atoms with E-state index in [9.17, 15) is 19.5 Å². The van der Waals surface area contributed by atoms with Crippen molar-refractivity contribution in [3.05, 3.63) is 12.2 Å². The molecular weight excluding hydrogens is 558 g/mol. The van der Waals surface area contributed by atoms with Gasteiger partial charge in [0.1, 0.15) is 6.61 Å². The zero-order chi connectivity index (χ0) is 32.9. The van der Waals surface area contributed by atoms with E-state index in [0.717, 1.165) is 32.1 Å². The van der Waals surface area contributed by atoms with Crippen molar-refractivity contribution in [1.29, 1.82) is 0 Å². The molecule has 0 spiro atoms. The number of carbonyl (C=O) groups excluding carboxylic acids is 2. The SMILES string of the molecule is CCCCCC/C=C/CCCC(=O)OC(COCCC(C(=O)O)[N+](C)(C)C)COC(=O)CCCCCCCCCCCCC. The molecule has 0 amide bonds. The molecule has 0 radical (unpaired) electrons. The predicted molar refractivity (Wildman–Crippen MR) is 179 cm³/mol. The van der Waals surface area contributed by atoms with Crippen LogP contribution in [-0.2, 0) is 28.6 Å². The van der Waals surface area contributed by atoms with Crippen molar-refractivity contribution in [2.45, 2.75) is 161 Å². The normalized spacial score (nSPS) is 13.2. The summed E-state index contributed by atoms with van der Waals surface area (Å²) < 4.78 is 17.1. The van der Waals surface area contributed by atoms with Crippen LogP contribution < -0.4 is 0 Å². The minimum atomic E-state index is -0.879. The predicted octanol–water partition coefficient (Wildman–Crippen LogP) is 8.41. The molecule has 0 heterocycles. The highest BCUT2D eigenvalue weighted by Crippen LogP contribution is 2.13. The quantitative estimate of drug-likeness (QED) is 0.0357. The first-order chi connectivity index (χ1) is 21.1. The van der Waals surface area contributed by atoms with Crippen molar-refractivity contribution >= 4 is 17.9 Å². The molecule has 0 saturated carbocycles. The number of nitrogens with zero attached hydrogens (tertiary/aromatic N) is 1. The largest absolute Gasteiger partial charge is 0.477 e. The molecule has 2 atom stereocenters. The van der Waals surface area contributed by atoms with E-state index in [2.05, 4.69) is 26.0 Å². The number of likely N-dealkylation sites (N-methyl/N-ethyl adjacent to an activating group) is 1. The first kappa shape index (κ1) is 42.1. The Morgan fingerprint density at radius 3 is 1.70 bits per heavy atom. The van der Waals surface area contributed by atoms with Crippen LogP contribution in [-0.4, -0.2) is 80.6 Å². The molecule has 0 aromatic carbocycles. The molecule has 0 saturated heterocycles. The van der Waals surface area contributed by atoms with Gasteiger partial charge in [-0.2, -0.15) is 0 Å². The van der Waals surface area contributed by atoms with Gasteiger partial charge in [-0.15, -0.1) is 0 Å². The highest BCUT2D eigenvalue weighted by Gasteiger charge is 2.31. The summed E-state index contributed by atoms with van der Waals surface area (Å²) >= 11 is 0. The van der Waals surface area contributed by atoms with E-state index in [-0.39, 0.29) is 42.7 Å². The van der Waals surface area contributed by atoms with Crippen molar-refractivity contribution in [2.24, 2.45) is 0 Å². The number of carboxylic acids is 1. The average molecular weight is 627 g/mol. The summed E-state index contributed by atoms with van der Waals surface area (Å²) in [5, 5.41) is 9.54. The van der Waals surface area contributed by atoms with Gasteiger partial charge in [-0.05, 0) is 32.1 Å². The van der Waals surface area contributed by atoms with Crippen molar-refractivity contribution in [1.82, 2.24) is 0 Å². The lowest BCUT2D eigenvalue weighted by Gasteiger charge is -2.31. The zero-order valence-electron chi connectivity index (χ0n) is 29.1. The number of allylic oxidation sites excluding steroid dienone is 2. The Labute approximate surface area is 269 Å². The summed E-state index contributed by atoms with van der Waals surface area (Å²) in [6, 6.07) is -0.612. The number of hydrogen-bond donors (Lipinski definition) is 1. The number of quaternary nitrogens is 1. The minimum absolute atomic E-state index is 0.0542. The van der Waals surface area contributed by atoms with E-state index in [4.69, 9.17) is 14.2 Å². The Hall–Kier alpha value is -1.93. The average Bonchev–Trinajstić information content (AvgIpc) is 2.96. The Morgan fingerprint density at radius 2 is 1.16 bits per heavy atom. The molecule has 0 aromatic rings. The molecule has 0 aliphatic carbocycles. The second-order valence-corrected chi connectivity index (χ2v) is 13.1. The van der Waals surface area contributed by atoms with Gasteiger partial charge in [-0.25, -0.2) is 4.79 Å². The highest BCUT2D eigenvalue weighted by molar-refractivity contribution is 5.72. The topological polar surface area (TPSA) is 99.1 Å². The van der Waals surface area contributed by atoms with Gasteiger partial charge in [0, 0.05) is 19.3 Å². The second-order valence-electron chi connectivity index (χ2n) is 13.1. The maximum Gasteiger partial charge on any atom is 0.362 e. The van der Waals surface area contributed by atoms with Crippen LogP contribution in [0.4, 0.5) is 0 Å². The lowest BCUT2D eigenvalue weighted by atomic mass is 10.1. The number of unbranched alkanes of at least 4 members (excludes halogenated alkanes) is 15. The fourth-order valence-electron chi connectivity index (χ4n) is 5.09. The van der Waals surface area contributed by atoms with Gasteiger partial charge in [0.2, 0.25) is 0 Å². The summed E-state index contributed by atoms with van der Waals surface area (Å²) in [6.07, 6.45) is 25.5. The lowest BCUT2D eigenvalue weighted by Crippen LogP contribution is -2.50. The molecule has 0 aliphatic rings. The molecular formula is C36H68NO7+. The van der Waals surface area contributed by atoms with Crippen LogP contribution in [0.2, 0.25) is 0 Å². The van der Waals surface area contributed by atoms with Crippen molar-refractivity contribution in [2.75, 3.05) is 41.0 Å². The Morgan fingerprint density at radius 1 is 0.659 bits per heavy atom. The maximum absolute atomic E-state index is 12.5. The molecule has 0 rings (SSSR count). The molecule has 44 heavy (non-hydrogen) atoms. The van der Waals surface area contributed by atoms with Crippen molar-refractivity contribution in [3.63, 3.8) is 0 Å². The fourth-order valence-corrected chi connectivity index (χ4v) is 5.09. The molecule has 0 bridgehead atoms. The minimum Gasteiger partial charge on any atom is -0.477 e. The first-order valence-electron chi connectivity index (χ1n) is 17.7. The van der Waals surface area contributed by atoms with Crippen LogP contribution >= 0.6 is 0 Å². The standard InChI is InChI=1S/C36H67NO7/c1-6-8-10-12-14-16-17-19-20-22-24-26-34(38)43-31-32(30-42-29-28-33(36(40)41)37(3,4)5)44-35(39)27-25-23-21-18-15-13-11-9-7-2/h18,21,32-33H,6-17,19-20,22-31H2,1-5H3/p+1/b21-18+. The third-order valence-electron chi connectivity index (χ3n) is 7.91. The van der Waals surface area contributed by atoms with Crippen LogP contribution in [0.15, 0.2) is 12.2 Å². The molecule has 2 unspecified atom stereocenters. The van der Waals surface area contributed by atoms with Crippen LogP contribution in [0.1, 0.15) is 149 Å². The zero-order valence-corrected chi connectivity index (χ0v) is 29.1. The Bertz CT molecular complexity index is 747. The van der Waals surface area contributed by atoms with Gasteiger partial charge in [0.25, 0.3) is 0 Å². The van der Waals surface area contributed by atoms with Crippen LogP contribution in [0.5, 0.6) is 0 Å². The van der Waals surface area contributed by atoms with Gasteiger partial charge in [-0.1, -0.05) is 109 Å². The number of ether oxygens (including phenoxy) is 3. The molecule has 0 fully saturated rings. The Balaban J connectivity index is 4.48. The number of rotatable bonds is 31. The van der Waals surface area contributed by atoms with Gasteiger partial charge < -0.3 is 23.8 Å². The highest BCUT2D eigenvalue weighted by atomic mass is 16.6. The molecule has 1 N–H and O–H groups in total.